The highest BCUT2D eigenvalue weighted by atomic mass is 28.3. The monoisotopic (exact) mass is 1790 g/mol. The summed E-state index contributed by atoms with van der Waals surface area (Å²) in [4.78, 5) is 16.8. The van der Waals surface area contributed by atoms with Crippen LogP contribution in [-0.2, 0) is 43.3 Å². The Kier molecular flexibility index (Phi) is 18.2. The van der Waals surface area contributed by atoms with E-state index in [1.165, 1.54) is 216 Å². The molecule has 0 bridgehead atoms. The molecule has 0 N–H and O–H groups in total. The first kappa shape index (κ1) is 85.9. The van der Waals surface area contributed by atoms with Gasteiger partial charge in [0.15, 0.2) is 0 Å². The summed E-state index contributed by atoms with van der Waals surface area (Å²) in [6, 6.07) is 104. The van der Waals surface area contributed by atoms with Gasteiger partial charge in [-0.1, -0.05) is 343 Å². The summed E-state index contributed by atoms with van der Waals surface area (Å²) in [6.45, 7) is 60.5. The van der Waals surface area contributed by atoms with Crippen LogP contribution in [0.5, 0.6) is 0 Å². The van der Waals surface area contributed by atoms with E-state index >= 15 is 0 Å². The molecule has 4 atom stereocenters. The molecule has 10 heteroatoms. The quantitative estimate of drug-likeness (QED) is 0.119. The number of nitrogens with zero attached hydrogens (tertiary/aromatic N) is 6. The van der Waals surface area contributed by atoms with Crippen LogP contribution < -0.4 is 82.9 Å². The van der Waals surface area contributed by atoms with E-state index in [4.69, 9.17) is 0 Å². The van der Waals surface area contributed by atoms with E-state index < -0.39 is 16.1 Å². The van der Waals surface area contributed by atoms with Crippen molar-refractivity contribution < 1.29 is 0 Å². The number of anilines is 16. The van der Waals surface area contributed by atoms with Gasteiger partial charge in [0.2, 0.25) is 0 Å². The van der Waals surface area contributed by atoms with Crippen molar-refractivity contribution in [1.82, 2.24) is 0 Å². The molecule has 14 aromatic rings. The third-order valence-corrected chi connectivity index (χ3v) is 43.5. The molecule has 0 aromatic heterocycles. The van der Waals surface area contributed by atoms with Gasteiger partial charge in [0.1, 0.15) is 16.1 Å². The Morgan fingerprint density at radius 2 is 0.604 bits per heavy atom. The fourth-order valence-electron chi connectivity index (χ4n) is 27.8. The third kappa shape index (κ3) is 11.9. The van der Waals surface area contributed by atoms with Gasteiger partial charge in [0, 0.05) is 102 Å². The fourth-order valence-corrected chi connectivity index (χ4v) is 34.3. The van der Waals surface area contributed by atoms with E-state index in [0.717, 1.165) is 38.5 Å². The van der Waals surface area contributed by atoms with Crippen LogP contribution in [0.4, 0.5) is 91.0 Å². The molecule has 2 aliphatic carbocycles. The summed E-state index contributed by atoms with van der Waals surface area (Å²) >= 11 is 0. The zero-order chi connectivity index (χ0) is 93.3. The van der Waals surface area contributed by atoms with E-state index in [2.05, 4.69) is 449 Å². The molecule has 0 spiro atoms. The molecule has 8 heterocycles. The number of benzene rings is 14. The predicted octanol–water partition coefficient (Wildman–Crippen LogP) is 27.1. The molecule has 8 aliphatic heterocycles. The lowest BCUT2D eigenvalue weighted by Crippen LogP contribution is -2.79. The van der Waals surface area contributed by atoms with Crippen molar-refractivity contribution in [3.05, 3.63) is 299 Å². The molecule has 10 aliphatic rings. The van der Waals surface area contributed by atoms with Crippen LogP contribution in [0.2, 0.25) is 26.2 Å². The van der Waals surface area contributed by atoms with Crippen molar-refractivity contribution >= 4 is 196 Å². The molecule has 674 valence electrons. The molecular weight excluding hydrogens is 1650 g/mol. The molecule has 14 aromatic carbocycles. The van der Waals surface area contributed by atoms with Gasteiger partial charge >= 0.3 is 0 Å². The Hall–Kier alpha value is -11.0. The number of hydrogen-bond acceptors (Lipinski definition) is 6. The van der Waals surface area contributed by atoms with Gasteiger partial charge in [0.05, 0.1) is 11.1 Å². The largest absolute Gasteiger partial charge is 0.334 e. The molecule has 0 saturated heterocycles. The van der Waals surface area contributed by atoms with Crippen LogP contribution in [-0.4, -0.2) is 40.7 Å². The number of hydrogen-bond donors (Lipinski definition) is 0. The van der Waals surface area contributed by atoms with E-state index in [-0.39, 0.29) is 67.8 Å². The average Bonchev–Trinajstić information content (AvgIpc) is 0.743. The zero-order valence-electron chi connectivity index (χ0n) is 84.2. The molecule has 2 saturated carbocycles. The van der Waals surface area contributed by atoms with E-state index in [1.54, 1.807) is 20.7 Å². The zero-order valence-corrected chi connectivity index (χ0v) is 86.2. The number of rotatable bonds is 11. The Morgan fingerprint density at radius 3 is 1.04 bits per heavy atom. The highest BCUT2D eigenvalue weighted by molar-refractivity contribution is 7.17. The molecular formula is C124H134B2N6Si2. The summed E-state index contributed by atoms with van der Waals surface area (Å²) in [6.07, 6.45) is 11.3. The van der Waals surface area contributed by atoms with E-state index in [1.807, 2.05) is 0 Å². The van der Waals surface area contributed by atoms with Gasteiger partial charge in [0.25, 0.3) is 13.4 Å². The minimum absolute atomic E-state index is 0.00309. The minimum Gasteiger partial charge on any atom is -0.334 e. The molecule has 0 amide bonds. The lowest BCUT2D eigenvalue weighted by atomic mass is 9.33. The topological polar surface area (TPSA) is 19.4 Å². The van der Waals surface area contributed by atoms with Crippen molar-refractivity contribution in [1.29, 1.82) is 0 Å². The van der Waals surface area contributed by atoms with Gasteiger partial charge in [-0.25, -0.2) is 0 Å². The smallest absolute Gasteiger partial charge is 0.251 e. The summed E-state index contributed by atoms with van der Waals surface area (Å²) in [5.41, 5.74) is 39.6. The lowest BCUT2D eigenvalue weighted by Gasteiger charge is -2.52. The summed E-state index contributed by atoms with van der Waals surface area (Å²) in [5, 5.41) is 11.3. The van der Waals surface area contributed by atoms with Crippen molar-refractivity contribution in [3.8, 4) is 0 Å². The SMILES string of the molecule is CC(C)(C)c1ccc(N2c3cc(N4c5ccc(C(C)(C)C)cc5C5(C)CCCCC45C)cc4c3B3c5c(cccc5[Si](C)(C)c5cc(C(C)(C)CCC(C)(C)c6ccc7c(c6)C6(C)CCCCC6(C)N7c6cc7c8c(c6)N(c6ccc9ccccc9c6)c6cccc9c6B8c6c(cccc6[Si]9(C)C)N7c6ccc7ccccc7c6)cc2c53)N4c2cc(C(C)(C)C)cc(C(C)(C)C)c2)cc1. The van der Waals surface area contributed by atoms with Gasteiger partial charge in [-0.05, 0) is 293 Å². The van der Waals surface area contributed by atoms with Crippen LogP contribution >= 0.6 is 0 Å². The maximum Gasteiger partial charge on any atom is 0.251 e. The summed E-state index contributed by atoms with van der Waals surface area (Å²) < 4.78 is 0. The number of fused-ring (bicyclic) bond motifs is 8. The Balaban J connectivity index is 0.663. The van der Waals surface area contributed by atoms with Crippen LogP contribution in [0.15, 0.2) is 255 Å². The molecule has 2 fully saturated rings. The summed E-state index contributed by atoms with van der Waals surface area (Å²) in [5.74, 6) is 0. The van der Waals surface area contributed by atoms with Gasteiger partial charge in [-0.3, -0.25) is 0 Å². The standard InChI is InChI=1S/C124H134B2N6Si2/c1-115(2,3)81-48-54-87(55-49-81)127-100-71-86(72-108-114(100)126-109-101(127)73-91(131-95-56-50-82(116(4,5)6)69-93(95)121(17)58-29-31-60-123(121,131)19)76-104(109)130(99-42-35-45-107(113(99)126)134(108,23)24)90-67-84(117(7,8)9)66-85(68-90)118(10,11)12)120(15,16)63-62-119(13,14)83-51-57-96-94(70-83)122(18)59-30-32-61-124(122,20)132(96)92-74-102-110-103(75-92)129(89-53-47-78-37-26-28-39-80(78)65-89)98-41-34-44-106-112(98)125(110)111-97(40-33-43-105(111)133(106,21)22)128(102)88-52-46-77-36-25-27-38-79(77)64-88/h25-28,33-57,64-76H,29-32,58-63H2,1-24H3. The lowest BCUT2D eigenvalue weighted by molar-refractivity contribution is 0.194. The fraction of sp³-hybridized carbons (Fsp3) is 0.355. The molecule has 4 unspecified atom stereocenters. The first-order valence-electron chi connectivity index (χ1n) is 50.7. The Labute approximate surface area is 801 Å². The van der Waals surface area contributed by atoms with Crippen molar-refractivity contribution in [2.24, 2.45) is 0 Å². The van der Waals surface area contributed by atoms with Crippen LogP contribution in [0, 0.1) is 0 Å². The average molecular weight is 1790 g/mol. The second kappa shape index (κ2) is 28.3. The maximum absolute atomic E-state index is 2.90. The van der Waals surface area contributed by atoms with Gasteiger partial charge in [-0.15, -0.1) is 0 Å². The van der Waals surface area contributed by atoms with Gasteiger partial charge < -0.3 is 29.4 Å². The second-order valence-corrected chi connectivity index (χ2v) is 58.5. The molecule has 0 radical (unpaired) electrons. The van der Waals surface area contributed by atoms with Crippen LogP contribution in [0.1, 0.15) is 247 Å². The third-order valence-electron chi connectivity index (χ3n) is 36.4. The maximum atomic E-state index is 2.90. The van der Waals surface area contributed by atoms with E-state index in [0.29, 0.717) is 0 Å². The minimum atomic E-state index is -2.58. The first-order valence-corrected chi connectivity index (χ1v) is 56.7. The van der Waals surface area contributed by atoms with Crippen molar-refractivity contribution in [2.75, 3.05) is 29.4 Å². The van der Waals surface area contributed by atoms with Crippen LogP contribution in [0.25, 0.3) is 21.5 Å². The molecule has 6 nitrogen and oxygen atoms in total. The predicted molar refractivity (Wildman–Crippen MR) is 585 cm³/mol. The van der Waals surface area contributed by atoms with Gasteiger partial charge in [-0.2, -0.15) is 0 Å². The van der Waals surface area contributed by atoms with Crippen molar-refractivity contribution in [3.63, 3.8) is 0 Å². The Morgan fingerprint density at radius 1 is 0.254 bits per heavy atom. The highest BCUT2D eigenvalue weighted by Crippen LogP contribution is 2.66. The van der Waals surface area contributed by atoms with Crippen LogP contribution in [0.3, 0.4) is 0 Å². The molecule has 134 heavy (non-hydrogen) atoms. The Bertz CT molecular complexity index is 7210. The summed E-state index contributed by atoms with van der Waals surface area (Å²) in [7, 11) is -4.85. The normalized spacial score (nSPS) is 21.2. The molecule has 24 rings (SSSR count). The van der Waals surface area contributed by atoms with Crippen molar-refractivity contribution in [2.45, 2.75) is 283 Å². The first-order chi connectivity index (χ1) is 63.4. The van der Waals surface area contributed by atoms with E-state index in [9.17, 15) is 0 Å². The highest BCUT2D eigenvalue weighted by Gasteiger charge is 2.62. The second-order valence-electron chi connectivity index (χ2n) is 49.8.